The van der Waals surface area contributed by atoms with Crippen molar-refractivity contribution in [2.45, 2.75) is 168 Å². The van der Waals surface area contributed by atoms with E-state index >= 15 is 0 Å². The molecule has 264 valence electrons. The van der Waals surface area contributed by atoms with Gasteiger partial charge in [0.05, 0.1) is 36.1 Å². The van der Waals surface area contributed by atoms with Crippen LogP contribution in [0.5, 0.6) is 0 Å². The van der Waals surface area contributed by atoms with Crippen molar-refractivity contribution in [1.29, 1.82) is 0 Å². The Morgan fingerprint density at radius 1 is 0.826 bits per heavy atom. The monoisotopic (exact) mass is 646 g/mol. The number of aliphatic hydroxyl groups excluding tert-OH is 1. The summed E-state index contributed by atoms with van der Waals surface area (Å²) in [6.07, 6.45) is 17.2. The predicted octanol–water partition coefficient (Wildman–Crippen LogP) is 6.38. The van der Waals surface area contributed by atoms with E-state index in [4.69, 9.17) is 4.74 Å². The molecule has 4 aliphatic rings. The van der Waals surface area contributed by atoms with E-state index in [0.29, 0.717) is 43.2 Å². The van der Waals surface area contributed by atoms with E-state index < -0.39 is 23.5 Å². The van der Waals surface area contributed by atoms with E-state index in [1.807, 2.05) is 27.7 Å². The van der Waals surface area contributed by atoms with E-state index in [9.17, 15) is 19.5 Å². The summed E-state index contributed by atoms with van der Waals surface area (Å²) < 4.78 is 5.79. The molecule has 0 unspecified atom stereocenters. The fourth-order valence-corrected chi connectivity index (χ4v) is 8.63. The zero-order valence-electron chi connectivity index (χ0n) is 30.1. The molecule has 8 nitrogen and oxygen atoms in total. The molecule has 1 heterocycles. The average molecular weight is 646 g/mol. The number of piperidine rings is 1. The molecule has 6 atom stereocenters. The van der Waals surface area contributed by atoms with Gasteiger partial charge in [-0.3, -0.25) is 19.3 Å². The number of rotatable bonds is 12. The number of β-amino-alcohol motifs (C(OH)–C–C–N with tert-alkyl or cyclic N) is 1. The van der Waals surface area contributed by atoms with Gasteiger partial charge >= 0.3 is 5.97 Å². The highest BCUT2D eigenvalue weighted by atomic mass is 16.5. The van der Waals surface area contributed by atoms with Crippen LogP contribution >= 0.6 is 0 Å². The van der Waals surface area contributed by atoms with Gasteiger partial charge in [0.2, 0.25) is 11.8 Å². The summed E-state index contributed by atoms with van der Waals surface area (Å²) in [5.74, 6) is 0.847. The predicted molar refractivity (Wildman–Crippen MR) is 183 cm³/mol. The Bertz CT molecular complexity index is 997. The summed E-state index contributed by atoms with van der Waals surface area (Å²) in [4.78, 5) is 43.0. The van der Waals surface area contributed by atoms with Crippen LogP contribution in [0.15, 0.2) is 0 Å². The van der Waals surface area contributed by atoms with Gasteiger partial charge in [0.25, 0.3) is 0 Å². The zero-order valence-corrected chi connectivity index (χ0v) is 30.1. The Morgan fingerprint density at radius 2 is 1.39 bits per heavy atom. The lowest BCUT2D eigenvalue weighted by molar-refractivity contribution is -0.161. The SMILES string of the molecule is C[C@@H](C(=O)N[C@@H](CC1CCCCC1)[C@H](O)CN1C[C@H]2CCCC[C@H]2C[C@H]1C(=O)NC(C)(C)C)C(C)(C)C(=O)OCC1CCCCC1. The Labute approximate surface area is 279 Å². The molecular formula is C38H67N3O5. The van der Waals surface area contributed by atoms with Crippen molar-refractivity contribution in [3.05, 3.63) is 0 Å². The third-order valence-electron chi connectivity index (χ3n) is 12.0. The van der Waals surface area contributed by atoms with Gasteiger partial charge in [-0.05, 0) is 90.4 Å². The summed E-state index contributed by atoms with van der Waals surface area (Å²) in [5, 5.41) is 18.4. The molecule has 0 radical (unpaired) electrons. The van der Waals surface area contributed by atoms with E-state index in [1.54, 1.807) is 13.8 Å². The van der Waals surface area contributed by atoms with Gasteiger partial charge in [-0.15, -0.1) is 0 Å². The Kier molecular flexibility index (Phi) is 13.4. The minimum Gasteiger partial charge on any atom is -0.465 e. The topological polar surface area (TPSA) is 108 Å². The number of carbonyl (C=O) groups excluding carboxylic acids is 3. The molecule has 0 aromatic rings. The Morgan fingerprint density at radius 3 is 2.00 bits per heavy atom. The summed E-state index contributed by atoms with van der Waals surface area (Å²) in [6.45, 7) is 13.1. The molecule has 0 aromatic carbocycles. The largest absolute Gasteiger partial charge is 0.465 e. The Hall–Kier alpha value is -1.67. The molecule has 46 heavy (non-hydrogen) atoms. The van der Waals surface area contributed by atoms with Crippen molar-refractivity contribution in [2.24, 2.45) is 35.0 Å². The lowest BCUT2D eigenvalue weighted by atomic mass is 9.72. The van der Waals surface area contributed by atoms with Gasteiger partial charge in [-0.2, -0.15) is 0 Å². The second-order valence-corrected chi connectivity index (χ2v) is 17.2. The first-order valence-electron chi connectivity index (χ1n) is 19.0. The average Bonchev–Trinajstić information content (AvgIpc) is 3.02. The molecule has 1 saturated heterocycles. The van der Waals surface area contributed by atoms with E-state index in [1.165, 1.54) is 64.2 Å². The minimum atomic E-state index is -0.988. The number of nitrogens with one attached hydrogen (secondary N) is 2. The van der Waals surface area contributed by atoms with Crippen LogP contribution in [-0.2, 0) is 19.1 Å². The molecule has 4 rings (SSSR count). The maximum atomic E-state index is 13.9. The van der Waals surface area contributed by atoms with E-state index in [0.717, 1.165) is 38.6 Å². The molecular weight excluding hydrogens is 578 g/mol. The number of ether oxygens (including phenoxy) is 1. The zero-order chi connectivity index (χ0) is 33.5. The number of hydrogen-bond donors (Lipinski definition) is 3. The smallest absolute Gasteiger partial charge is 0.312 e. The highest BCUT2D eigenvalue weighted by Crippen LogP contribution is 2.39. The number of hydrogen-bond acceptors (Lipinski definition) is 6. The van der Waals surface area contributed by atoms with Gasteiger partial charge in [-0.1, -0.05) is 77.6 Å². The van der Waals surface area contributed by atoms with Crippen molar-refractivity contribution in [2.75, 3.05) is 19.7 Å². The summed E-state index contributed by atoms with van der Waals surface area (Å²) in [6, 6.07) is -0.724. The lowest BCUT2D eigenvalue weighted by Crippen LogP contribution is -2.60. The van der Waals surface area contributed by atoms with Crippen LogP contribution < -0.4 is 10.6 Å². The number of nitrogens with zero attached hydrogens (tertiary/aromatic N) is 1. The molecule has 8 heteroatoms. The van der Waals surface area contributed by atoms with Crippen LogP contribution in [0.1, 0.15) is 144 Å². The molecule has 1 aliphatic heterocycles. The molecule has 0 aromatic heterocycles. The highest BCUT2D eigenvalue weighted by molar-refractivity contribution is 5.87. The number of likely N-dealkylation sites (tertiary alicyclic amines) is 1. The second kappa shape index (κ2) is 16.6. The molecule has 3 aliphatic carbocycles. The van der Waals surface area contributed by atoms with Crippen molar-refractivity contribution >= 4 is 17.8 Å². The first-order chi connectivity index (χ1) is 21.7. The fraction of sp³-hybridized carbons (Fsp3) is 0.921. The molecule has 2 amide bonds. The van der Waals surface area contributed by atoms with E-state index in [-0.39, 0.29) is 29.4 Å². The number of fused-ring (bicyclic) bond motifs is 1. The number of aliphatic hydroxyl groups is 1. The third-order valence-corrected chi connectivity index (χ3v) is 12.0. The molecule has 3 N–H and O–H groups in total. The number of esters is 1. The lowest BCUT2D eigenvalue weighted by Gasteiger charge is -2.47. The maximum absolute atomic E-state index is 13.9. The van der Waals surface area contributed by atoms with Crippen molar-refractivity contribution in [1.82, 2.24) is 15.5 Å². The van der Waals surface area contributed by atoms with Crippen LogP contribution in [-0.4, -0.2) is 71.2 Å². The second-order valence-electron chi connectivity index (χ2n) is 17.2. The number of carbonyl (C=O) groups is 3. The fourth-order valence-electron chi connectivity index (χ4n) is 8.63. The molecule has 3 saturated carbocycles. The van der Waals surface area contributed by atoms with E-state index in [2.05, 4.69) is 15.5 Å². The van der Waals surface area contributed by atoms with Gasteiger partial charge in [0.15, 0.2) is 0 Å². The molecule has 4 fully saturated rings. The van der Waals surface area contributed by atoms with Gasteiger partial charge < -0.3 is 20.5 Å². The van der Waals surface area contributed by atoms with Gasteiger partial charge in [0, 0.05) is 18.6 Å². The van der Waals surface area contributed by atoms with Gasteiger partial charge in [0.1, 0.15) is 0 Å². The van der Waals surface area contributed by atoms with Crippen LogP contribution in [0.3, 0.4) is 0 Å². The summed E-state index contributed by atoms with van der Waals surface area (Å²) >= 11 is 0. The minimum absolute atomic E-state index is 0.0405. The van der Waals surface area contributed by atoms with Crippen LogP contribution in [0.4, 0.5) is 0 Å². The standard InChI is InChI=1S/C38H67N3O5/c1-26(38(5,6)36(45)46-25-28-17-11-8-12-18-28)34(43)39-31(21-27-15-9-7-10-16-27)33(42)24-41-23-30-20-14-13-19-29(30)22-32(41)35(44)40-37(2,3)4/h26-33,42H,7-25H2,1-6H3,(H,39,43)(H,40,44)/t26-,29-,30+,31-,32-,33+/m0/s1. The number of amides is 2. The Balaban J connectivity index is 1.45. The first kappa shape index (κ1) is 37.2. The quantitative estimate of drug-likeness (QED) is 0.213. The van der Waals surface area contributed by atoms with Crippen molar-refractivity contribution < 1.29 is 24.2 Å². The third kappa shape index (κ3) is 10.4. The van der Waals surface area contributed by atoms with Crippen LogP contribution in [0.25, 0.3) is 0 Å². The highest BCUT2D eigenvalue weighted by Gasteiger charge is 2.44. The molecule has 0 spiro atoms. The maximum Gasteiger partial charge on any atom is 0.312 e. The van der Waals surface area contributed by atoms with Crippen molar-refractivity contribution in [3.8, 4) is 0 Å². The summed E-state index contributed by atoms with van der Waals surface area (Å²) in [5.41, 5.74) is -1.32. The van der Waals surface area contributed by atoms with Crippen LogP contribution in [0.2, 0.25) is 0 Å². The molecule has 0 bridgehead atoms. The van der Waals surface area contributed by atoms with Gasteiger partial charge in [-0.25, -0.2) is 0 Å². The summed E-state index contributed by atoms with van der Waals surface area (Å²) in [7, 11) is 0. The normalized spacial score (nSPS) is 27.6. The van der Waals surface area contributed by atoms with Crippen molar-refractivity contribution in [3.63, 3.8) is 0 Å². The van der Waals surface area contributed by atoms with Crippen LogP contribution in [0, 0.1) is 35.0 Å². The first-order valence-corrected chi connectivity index (χ1v) is 19.0.